The highest BCUT2D eigenvalue weighted by Gasteiger charge is 2.27. The molecule has 1 saturated carbocycles. The van der Waals surface area contributed by atoms with Crippen LogP contribution >= 0.6 is 0 Å². The topological polar surface area (TPSA) is 50.7 Å². The second kappa shape index (κ2) is 4.81. The summed E-state index contributed by atoms with van der Waals surface area (Å²) in [6.07, 6.45) is 2.38. The van der Waals surface area contributed by atoms with Gasteiger partial charge >= 0.3 is 0 Å². The molecule has 0 radical (unpaired) electrons. The first-order valence-corrected chi connectivity index (χ1v) is 7.26. The zero-order chi connectivity index (χ0) is 14.2. The van der Waals surface area contributed by atoms with Crippen LogP contribution in [-0.2, 0) is 0 Å². The van der Waals surface area contributed by atoms with Crippen LogP contribution in [0.2, 0.25) is 0 Å². The van der Waals surface area contributed by atoms with Crippen molar-refractivity contribution in [2.75, 3.05) is 12.4 Å². The molecule has 3 aromatic rings. The van der Waals surface area contributed by atoms with Crippen molar-refractivity contribution in [1.29, 1.82) is 0 Å². The fraction of sp³-hybridized carbons (Fsp3) is 0.235. The van der Waals surface area contributed by atoms with Gasteiger partial charge in [0.1, 0.15) is 11.6 Å². The molecule has 0 amide bonds. The van der Waals surface area contributed by atoms with Gasteiger partial charge in [-0.15, -0.1) is 0 Å². The van der Waals surface area contributed by atoms with Crippen molar-refractivity contribution < 1.29 is 0 Å². The van der Waals surface area contributed by atoms with Gasteiger partial charge in [0, 0.05) is 24.4 Å². The highest BCUT2D eigenvalue weighted by molar-refractivity contribution is 5.81. The molecule has 1 aliphatic rings. The molecule has 0 atom stereocenters. The van der Waals surface area contributed by atoms with Gasteiger partial charge in [0.05, 0.1) is 16.9 Å². The number of aromatic nitrogens is 3. The van der Waals surface area contributed by atoms with E-state index in [-0.39, 0.29) is 0 Å². The zero-order valence-electron chi connectivity index (χ0n) is 11.9. The molecule has 1 aromatic carbocycles. The van der Waals surface area contributed by atoms with Gasteiger partial charge in [-0.3, -0.25) is 0 Å². The van der Waals surface area contributed by atoms with Gasteiger partial charge in [-0.05, 0) is 25.0 Å². The summed E-state index contributed by atoms with van der Waals surface area (Å²) >= 11 is 0. The molecule has 0 saturated heterocycles. The number of nitrogens with zero attached hydrogens (tertiary/aromatic N) is 3. The lowest BCUT2D eigenvalue weighted by molar-refractivity contribution is 0.930. The number of benzene rings is 1. The van der Waals surface area contributed by atoms with Crippen LogP contribution in [0.3, 0.4) is 0 Å². The van der Waals surface area contributed by atoms with Gasteiger partial charge in [0.2, 0.25) is 0 Å². The first-order valence-electron chi connectivity index (χ1n) is 7.26. The minimum Gasteiger partial charge on any atom is -0.373 e. The average molecular weight is 276 g/mol. The molecule has 2 heterocycles. The summed E-state index contributed by atoms with van der Waals surface area (Å²) in [7, 11) is 1.89. The van der Waals surface area contributed by atoms with Gasteiger partial charge < -0.3 is 5.32 Å². The smallest absolute Gasteiger partial charge is 0.134 e. The third-order valence-corrected chi connectivity index (χ3v) is 3.80. The van der Waals surface area contributed by atoms with E-state index in [0.29, 0.717) is 5.92 Å². The average Bonchev–Trinajstić information content (AvgIpc) is 3.39. The van der Waals surface area contributed by atoms with E-state index in [1.807, 2.05) is 37.4 Å². The predicted octanol–water partition coefficient (Wildman–Crippen LogP) is 3.61. The van der Waals surface area contributed by atoms with Crippen LogP contribution < -0.4 is 5.32 Å². The molecule has 0 aliphatic heterocycles. The maximum absolute atomic E-state index is 4.72. The number of rotatable bonds is 3. The fourth-order valence-corrected chi connectivity index (χ4v) is 2.46. The number of hydrogen-bond acceptors (Lipinski definition) is 4. The molecule has 2 aromatic heterocycles. The van der Waals surface area contributed by atoms with Crippen molar-refractivity contribution in [1.82, 2.24) is 15.0 Å². The van der Waals surface area contributed by atoms with E-state index in [0.717, 1.165) is 33.9 Å². The van der Waals surface area contributed by atoms with E-state index >= 15 is 0 Å². The number of para-hydroxylation sites is 1. The number of hydrogen-bond donors (Lipinski definition) is 1. The number of fused-ring (bicyclic) bond motifs is 1. The molecule has 1 fully saturated rings. The molecule has 0 bridgehead atoms. The Morgan fingerprint density at radius 1 is 0.952 bits per heavy atom. The fourth-order valence-electron chi connectivity index (χ4n) is 2.46. The lowest BCUT2D eigenvalue weighted by Gasteiger charge is -2.07. The Kier molecular flexibility index (Phi) is 2.81. The number of pyridine rings is 1. The second-order valence-electron chi connectivity index (χ2n) is 5.41. The van der Waals surface area contributed by atoms with Crippen molar-refractivity contribution in [3.05, 3.63) is 48.3 Å². The first kappa shape index (κ1) is 12.3. The summed E-state index contributed by atoms with van der Waals surface area (Å²) in [5.41, 5.74) is 2.78. The lowest BCUT2D eigenvalue weighted by atomic mass is 10.1. The van der Waals surface area contributed by atoms with E-state index in [2.05, 4.69) is 22.4 Å². The zero-order valence-corrected chi connectivity index (χ0v) is 11.9. The molecular weight excluding hydrogens is 260 g/mol. The van der Waals surface area contributed by atoms with E-state index in [4.69, 9.17) is 9.97 Å². The van der Waals surface area contributed by atoms with E-state index in [9.17, 15) is 0 Å². The number of nitrogens with one attached hydrogen (secondary N) is 1. The Labute approximate surface area is 123 Å². The largest absolute Gasteiger partial charge is 0.373 e. The summed E-state index contributed by atoms with van der Waals surface area (Å²) in [5, 5.41) is 4.26. The van der Waals surface area contributed by atoms with E-state index in [1.54, 1.807) is 0 Å². The molecule has 21 heavy (non-hydrogen) atoms. The Bertz CT molecular complexity index is 809. The van der Waals surface area contributed by atoms with Crippen LogP contribution in [0, 0.1) is 0 Å². The molecule has 1 N–H and O–H groups in total. The molecule has 1 aliphatic carbocycles. The molecule has 4 nitrogen and oxygen atoms in total. The molecule has 0 unspecified atom stereocenters. The highest BCUT2D eigenvalue weighted by atomic mass is 15.0. The number of anilines is 1. The van der Waals surface area contributed by atoms with Crippen molar-refractivity contribution >= 4 is 16.7 Å². The lowest BCUT2D eigenvalue weighted by Crippen LogP contribution is -2.01. The Balaban J connectivity index is 1.84. The molecule has 4 heteroatoms. The monoisotopic (exact) mass is 276 g/mol. The van der Waals surface area contributed by atoms with Gasteiger partial charge in [0.15, 0.2) is 0 Å². The third kappa shape index (κ3) is 2.33. The predicted molar refractivity (Wildman–Crippen MR) is 84.3 cm³/mol. The summed E-state index contributed by atoms with van der Waals surface area (Å²) < 4.78 is 0. The third-order valence-electron chi connectivity index (χ3n) is 3.80. The Morgan fingerprint density at radius 3 is 2.62 bits per heavy atom. The molecule has 104 valence electrons. The Morgan fingerprint density at radius 2 is 1.81 bits per heavy atom. The minimum atomic E-state index is 0.525. The molecule has 4 rings (SSSR count). The van der Waals surface area contributed by atoms with Crippen LogP contribution in [0.5, 0.6) is 0 Å². The van der Waals surface area contributed by atoms with Crippen LogP contribution in [0.1, 0.15) is 24.6 Å². The minimum absolute atomic E-state index is 0.525. The quantitative estimate of drug-likeness (QED) is 0.794. The van der Waals surface area contributed by atoms with E-state index < -0.39 is 0 Å². The normalized spacial score (nSPS) is 14.3. The van der Waals surface area contributed by atoms with Crippen LogP contribution in [-0.4, -0.2) is 22.0 Å². The van der Waals surface area contributed by atoms with Crippen molar-refractivity contribution in [3.8, 4) is 11.4 Å². The van der Waals surface area contributed by atoms with Crippen LogP contribution in [0.15, 0.2) is 42.5 Å². The first-order chi connectivity index (χ1) is 10.3. The van der Waals surface area contributed by atoms with E-state index in [1.165, 1.54) is 12.8 Å². The maximum atomic E-state index is 4.72. The second-order valence-corrected chi connectivity index (χ2v) is 5.41. The van der Waals surface area contributed by atoms with Gasteiger partial charge in [-0.2, -0.15) is 0 Å². The SMILES string of the molecule is CNc1cc(-c2ccc3ccccc3n2)nc(C2CC2)n1. The summed E-state index contributed by atoms with van der Waals surface area (Å²) in [4.78, 5) is 14.0. The van der Waals surface area contributed by atoms with Gasteiger partial charge in [-0.1, -0.05) is 24.3 Å². The molecule has 0 spiro atoms. The highest BCUT2D eigenvalue weighted by Crippen LogP contribution is 2.39. The van der Waals surface area contributed by atoms with Gasteiger partial charge in [0.25, 0.3) is 0 Å². The van der Waals surface area contributed by atoms with Crippen molar-refractivity contribution in [3.63, 3.8) is 0 Å². The van der Waals surface area contributed by atoms with Crippen molar-refractivity contribution in [2.45, 2.75) is 18.8 Å². The Hall–Kier alpha value is -2.49. The standard InChI is InChI=1S/C17H16N4/c1-18-16-10-15(20-17(21-16)12-6-7-12)14-9-8-11-4-2-3-5-13(11)19-14/h2-5,8-10,12H,6-7H2,1H3,(H,18,20,21). The van der Waals surface area contributed by atoms with Gasteiger partial charge in [-0.25, -0.2) is 15.0 Å². The summed E-state index contributed by atoms with van der Waals surface area (Å²) in [6.45, 7) is 0. The van der Waals surface area contributed by atoms with Crippen LogP contribution in [0.25, 0.3) is 22.3 Å². The summed E-state index contributed by atoms with van der Waals surface area (Å²) in [5.74, 6) is 2.32. The maximum Gasteiger partial charge on any atom is 0.134 e. The van der Waals surface area contributed by atoms with Crippen LogP contribution in [0.4, 0.5) is 5.82 Å². The van der Waals surface area contributed by atoms with Crippen molar-refractivity contribution in [2.24, 2.45) is 0 Å². The molecular formula is C17H16N4. The summed E-state index contributed by atoms with van der Waals surface area (Å²) in [6, 6.07) is 14.2.